The van der Waals surface area contributed by atoms with Crippen molar-refractivity contribution in [2.45, 2.75) is 19.9 Å². The van der Waals surface area contributed by atoms with Gasteiger partial charge in [-0.15, -0.1) is 0 Å². The number of imidazole rings is 1. The molecule has 32 heavy (non-hydrogen) atoms. The molecule has 0 amide bonds. The summed E-state index contributed by atoms with van der Waals surface area (Å²) in [5, 5.41) is 12.5. The fourth-order valence-corrected chi connectivity index (χ4v) is 3.80. The molecule has 1 unspecified atom stereocenters. The van der Waals surface area contributed by atoms with E-state index in [4.69, 9.17) is 10.2 Å². The van der Waals surface area contributed by atoms with Crippen molar-refractivity contribution in [3.05, 3.63) is 82.4 Å². The molecule has 0 aliphatic rings. The number of nitrogens with one attached hydrogen (secondary N) is 2. The minimum atomic E-state index is -0.361. The highest BCUT2D eigenvalue weighted by atomic mass is 16.1. The molecule has 0 bridgehead atoms. The quantitative estimate of drug-likeness (QED) is 0.455. The summed E-state index contributed by atoms with van der Waals surface area (Å²) in [6.45, 7) is 3.79. The molecule has 0 aliphatic carbocycles. The van der Waals surface area contributed by atoms with Gasteiger partial charge in [0.15, 0.2) is 11.5 Å². The molecule has 0 fully saturated rings. The summed E-state index contributed by atoms with van der Waals surface area (Å²) in [7, 11) is 0. The van der Waals surface area contributed by atoms with Crippen LogP contribution in [-0.4, -0.2) is 29.3 Å². The minimum absolute atomic E-state index is 0.171. The van der Waals surface area contributed by atoms with Gasteiger partial charge in [-0.25, -0.2) is 19.9 Å². The number of nitriles is 1. The van der Waals surface area contributed by atoms with Crippen molar-refractivity contribution in [2.24, 2.45) is 0 Å². The number of hydrogen-bond donors (Lipinski definition) is 2. The number of aromatic nitrogens is 6. The number of hydrogen-bond acceptors (Lipinski definition) is 7. The molecular weight excluding hydrogens is 404 g/mol. The third-order valence-corrected chi connectivity index (χ3v) is 5.36. The average molecular weight is 422 g/mol. The van der Waals surface area contributed by atoms with E-state index in [1.165, 1.54) is 6.33 Å². The monoisotopic (exact) mass is 422 g/mol. The van der Waals surface area contributed by atoms with E-state index in [1.807, 2.05) is 32.0 Å². The Bertz CT molecular complexity index is 1560. The molecule has 5 aromatic rings. The molecule has 0 saturated carbocycles. The Hall–Kier alpha value is -4.58. The lowest BCUT2D eigenvalue weighted by atomic mass is 10.00. The molecule has 9 nitrogen and oxygen atoms in total. The van der Waals surface area contributed by atoms with Crippen LogP contribution in [0.4, 0.5) is 5.82 Å². The SMILES string of the molecule is Cc1cccc2nc(C(C)Nc3ncnc4nc[nH]c34)c(-c3ccc(C#N)cc3)c(=O)n12. The van der Waals surface area contributed by atoms with Crippen LogP contribution in [0.2, 0.25) is 0 Å². The van der Waals surface area contributed by atoms with E-state index in [0.29, 0.717) is 45.0 Å². The second-order valence-corrected chi connectivity index (χ2v) is 7.42. The molecule has 0 aliphatic heterocycles. The number of fused-ring (bicyclic) bond motifs is 2. The number of anilines is 1. The van der Waals surface area contributed by atoms with E-state index in [2.05, 4.69) is 31.3 Å². The summed E-state index contributed by atoms with van der Waals surface area (Å²) in [6.07, 6.45) is 2.99. The standard InChI is InChI=1S/C23H18N8O/c1-13-4-3-5-17-30-19(14(2)29-22-20-21(26-11-25-20)27-12-28-22)18(23(32)31(13)17)16-8-6-15(10-24)7-9-16/h3-9,11-12,14H,1-2H3,(H2,25,26,27,28,29). The molecule has 156 valence electrons. The van der Waals surface area contributed by atoms with E-state index in [9.17, 15) is 4.79 Å². The molecule has 9 heteroatoms. The Balaban J connectivity index is 1.71. The lowest BCUT2D eigenvalue weighted by Crippen LogP contribution is -2.24. The number of rotatable bonds is 4. The molecule has 1 atom stereocenters. The zero-order valence-corrected chi connectivity index (χ0v) is 17.4. The van der Waals surface area contributed by atoms with Crippen LogP contribution in [0.15, 0.2) is 59.9 Å². The number of aryl methyl sites for hydroxylation is 1. The third-order valence-electron chi connectivity index (χ3n) is 5.36. The minimum Gasteiger partial charge on any atom is -0.360 e. The zero-order valence-electron chi connectivity index (χ0n) is 17.4. The van der Waals surface area contributed by atoms with Gasteiger partial charge in [0, 0.05) is 5.69 Å². The smallest absolute Gasteiger partial charge is 0.266 e. The van der Waals surface area contributed by atoms with E-state index >= 15 is 0 Å². The molecule has 0 saturated heterocycles. The van der Waals surface area contributed by atoms with Gasteiger partial charge in [0.25, 0.3) is 5.56 Å². The molecule has 0 spiro atoms. The third kappa shape index (κ3) is 3.15. The van der Waals surface area contributed by atoms with Crippen molar-refractivity contribution in [3.8, 4) is 17.2 Å². The van der Waals surface area contributed by atoms with Gasteiger partial charge in [-0.2, -0.15) is 5.26 Å². The van der Waals surface area contributed by atoms with E-state index in [1.54, 1.807) is 35.0 Å². The first-order valence-corrected chi connectivity index (χ1v) is 10.00. The number of H-pyrrole nitrogens is 1. The van der Waals surface area contributed by atoms with Crippen LogP contribution in [0.3, 0.4) is 0 Å². The first kappa shape index (κ1) is 19.4. The van der Waals surface area contributed by atoms with Crippen LogP contribution in [-0.2, 0) is 0 Å². The molecule has 0 radical (unpaired) electrons. The predicted molar refractivity (Wildman–Crippen MR) is 120 cm³/mol. The highest BCUT2D eigenvalue weighted by molar-refractivity contribution is 5.82. The molecular formula is C23H18N8O. The van der Waals surface area contributed by atoms with E-state index in [0.717, 1.165) is 5.69 Å². The van der Waals surface area contributed by atoms with Crippen molar-refractivity contribution < 1.29 is 0 Å². The van der Waals surface area contributed by atoms with Gasteiger partial charge < -0.3 is 10.3 Å². The van der Waals surface area contributed by atoms with Gasteiger partial charge in [-0.1, -0.05) is 18.2 Å². The molecule has 1 aromatic carbocycles. The predicted octanol–water partition coefficient (Wildman–Crippen LogP) is 3.38. The molecule has 5 rings (SSSR count). The van der Waals surface area contributed by atoms with Crippen LogP contribution < -0.4 is 10.9 Å². The van der Waals surface area contributed by atoms with E-state index < -0.39 is 0 Å². The maximum Gasteiger partial charge on any atom is 0.266 e. The van der Waals surface area contributed by atoms with Gasteiger partial charge in [0.2, 0.25) is 0 Å². The summed E-state index contributed by atoms with van der Waals surface area (Å²) in [5.74, 6) is 0.567. The fraction of sp³-hybridized carbons (Fsp3) is 0.130. The summed E-state index contributed by atoms with van der Waals surface area (Å²) in [5.41, 5.74) is 4.66. The average Bonchev–Trinajstić information content (AvgIpc) is 3.29. The Morgan fingerprint density at radius 3 is 2.72 bits per heavy atom. The lowest BCUT2D eigenvalue weighted by Gasteiger charge is -2.19. The van der Waals surface area contributed by atoms with Gasteiger partial charge in [0.05, 0.1) is 35.3 Å². The van der Waals surface area contributed by atoms with Gasteiger partial charge in [-0.3, -0.25) is 9.20 Å². The highest BCUT2D eigenvalue weighted by Gasteiger charge is 2.21. The summed E-state index contributed by atoms with van der Waals surface area (Å²) >= 11 is 0. The summed E-state index contributed by atoms with van der Waals surface area (Å²) in [4.78, 5) is 34.2. The number of pyridine rings is 1. The Morgan fingerprint density at radius 1 is 1.12 bits per heavy atom. The number of aromatic amines is 1. The van der Waals surface area contributed by atoms with Gasteiger partial charge in [0.1, 0.15) is 17.5 Å². The lowest BCUT2D eigenvalue weighted by molar-refractivity contribution is 0.821. The maximum absolute atomic E-state index is 13.6. The Labute approximate surface area is 182 Å². The second-order valence-electron chi connectivity index (χ2n) is 7.42. The number of benzene rings is 1. The zero-order chi connectivity index (χ0) is 22.2. The topological polar surface area (TPSA) is 125 Å². The van der Waals surface area contributed by atoms with Crippen LogP contribution in [0.5, 0.6) is 0 Å². The first-order valence-electron chi connectivity index (χ1n) is 10.00. The van der Waals surface area contributed by atoms with Crippen molar-refractivity contribution in [1.29, 1.82) is 5.26 Å². The van der Waals surface area contributed by atoms with Gasteiger partial charge in [-0.05, 0) is 43.7 Å². The van der Waals surface area contributed by atoms with Crippen molar-refractivity contribution in [1.82, 2.24) is 29.3 Å². The fourth-order valence-electron chi connectivity index (χ4n) is 3.80. The van der Waals surface area contributed by atoms with E-state index in [-0.39, 0.29) is 11.6 Å². The van der Waals surface area contributed by atoms with Crippen LogP contribution >= 0.6 is 0 Å². The van der Waals surface area contributed by atoms with Gasteiger partial charge >= 0.3 is 0 Å². The highest BCUT2D eigenvalue weighted by Crippen LogP contribution is 2.28. The van der Waals surface area contributed by atoms with Crippen LogP contribution in [0.25, 0.3) is 27.9 Å². The Kier molecular flexibility index (Phi) is 4.60. The molecule has 4 heterocycles. The largest absolute Gasteiger partial charge is 0.360 e. The van der Waals surface area contributed by atoms with Crippen LogP contribution in [0, 0.1) is 18.3 Å². The van der Waals surface area contributed by atoms with Crippen molar-refractivity contribution >= 4 is 22.6 Å². The summed E-state index contributed by atoms with van der Waals surface area (Å²) < 4.78 is 1.60. The normalized spacial score (nSPS) is 12.0. The molecule has 4 aromatic heterocycles. The first-order chi connectivity index (χ1) is 15.6. The second kappa shape index (κ2) is 7.59. The molecule has 2 N–H and O–H groups in total. The Morgan fingerprint density at radius 2 is 1.94 bits per heavy atom. The van der Waals surface area contributed by atoms with Crippen LogP contribution in [0.1, 0.15) is 29.9 Å². The van der Waals surface area contributed by atoms with Crippen molar-refractivity contribution in [3.63, 3.8) is 0 Å². The maximum atomic E-state index is 13.6. The summed E-state index contributed by atoms with van der Waals surface area (Å²) in [6, 6.07) is 14.2. The van der Waals surface area contributed by atoms with Crippen molar-refractivity contribution in [2.75, 3.05) is 5.32 Å². The number of nitrogens with zero attached hydrogens (tertiary/aromatic N) is 6.